The second-order valence-electron chi connectivity index (χ2n) is 7.06. The van der Waals surface area contributed by atoms with Gasteiger partial charge in [-0.2, -0.15) is 0 Å². The van der Waals surface area contributed by atoms with Gasteiger partial charge in [-0.3, -0.25) is 0 Å². The van der Waals surface area contributed by atoms with Gasteiger partial charge in [-0.1, -0.05) is 44.0 Å². The molecule has 0 spiro atoms. The third-order valence-electron chi connectivity index (χ3n) is 5.58. The van der Waals surface area contributed by atoms with Crippen molar-refractivity contribution in [2.24, 2.45) is 5.92 Å². The summed E-state index contributed by atoms with van der Waals surface area (Å²) in [5, 5.41) is 0. The van der Waals surface area contributed by atoms with Gasteiger partial charge in [0.1, 0.15) is 0 Å². The Hall–Kier alpha value is -1.96. The van der Waals surface area contributed by atoms with E-state index in [-0.39, 0.29) is 5.41 Å². The molecule has 0 bridgehead atoms. The molecule has 2 nitrogen and oxygen atoms in total. The molecule has 2 aromatic rings. The zero-order valence-corrected chi connectivity index (χ0v) is 14.1. The Balaban J connectivity index is 1.97. The largest absolute Gasteiger partial charge is 0.399 e. The molecule has 4 N–H and O–H groups in total. The zero-order chi connectivity index (χ0) is 16.3. The van der Waals surface area contributed by atoms with E-state index in [1.807, 2.05) is 24.3 Å². The molecule has 1 aliphatic carbocycles. The predicted molar refractivity (Wildman–Crippen MR) is 99.4 cm³/mol. The van der Waals surface area contributed by atoms with Crippen LogP contribution < -0.4 is 11.5 Å². The van der Waals surface area contributed by atoms with Crippen LogP contribution in [0.3, 0.4) is 0 Å². The lowest BCUT2D eigenvalue weighted by Crippen LogP contribution is -2.33. The van der Waals surface area contributed by atoms with Crippen molar-refractivity contribution in [2.45, 2.75) is 50.9 Å². The minimum atomic E-state index is 0.117. The molecule has 0 aliphatic heterocycles. The molecule has 0 radical (unpaired) electrons. The number of benzene rings is 2. The Morgan fingerprint density at radius 3 is 1.65 bits per heavy atom. The molecule has 3 rings (SSSR count). The lowest BCUT2D eigenvalue weighted by Gasteiger charge is -2.41. The molecular weight excluding hydrogens is 280 g/mol. The minimum absolute atomic E-state index is 0.117. The highest BCUT2D eigenvalue weighted by molar-refractivity contribution is 5.49. The normalized spacial score (nSPS) is 18.0. The average molecular weight is 308 g/mol. The summed E-state index contributed by atoms with van der Waals surface area (Å²) in [4.78, 5) is 0. The predicted octanol–water partition coefficient (Wildman–Crippen LogP) is 5.13. The van der Waals surface area contributed by atoms with E-state index in [1.165, 1.54) is 49.7 Å². The molecule has 2 heteroatoms. The van der Waals surface area contributed by atoms with Crippen LogP contribution in [0, 0.1) is 5.92 Å². The van der Waals surface area contributed by atoms with E-state index in [0.717, 1.165) is 17.3 Å². The highest BCUT2D eigenvalue weighted by Crippen LogP contribution is 2.47. The smallest absolute Gasteiger partial charge is 0.0314 e. The van der Waals surface area contributed by atoms with Crippen LogP contribution in [-0.2, 0) is 5.41 Å². The van der Waals surface area contributed by atoms with Crippen LogP contribution in [-0.4, -0.2) is 0 Å². The summed E-state index contributed by atoms with van der Waals surface area (Å²) in [7, 11) is 0. The van der Waals surface area contributed by atoms with Crippen molar-refractivity contribution in [2.75, 3.05) is 11.5 Å². The first kappa shape index (κ1) is 15.9. The standard InChI is InChI=1S/C21H28N2/c1-2-3-16-12-14-21(15-13-16,17-4-8-19(22)9-5-17)18-6-10-20(23)11-7-18/h4-11,16H,2-3,12-15,22-23H2,1H3. The van der Waals surface area contributed by atoms with E-state index in [2.05, 4.69) is 31.2 Å². The van der Waals surface area contributed by atoms with Crippen molar-refractivity contribution < 1.29 is 0 Å². The van der Waals surface area contributed by atoms with E-state index < -0.39 is 0 Å². The molecule has 2 aromatic carbocycles. The monoisotopic (exact) mass is 308 g/mol. The van der Waals surface area contributed by atoms with Gasteiger partial charge in [0, 0.05) is 16.8 Å². The molecule has 0 amide bonds. The molecule has 0 unspecified atom stereocenters. The van der Waals surface area contributed by atoms with Crippen LogP contribution in [0.25, 0.3) is 0 Å². The molecule has 1 saturated carbocycles. The SMILES string of the molecule is CCCC1CCC(c2ccc(N)cc2)(c2ccc(N)cc2)CC1. The number of nitrogen functional groups attached to an aromatic ring is 2. The Morgan fingerprint density at radius 2 is 1.26 bits per heavy atom. The van der Waals surface area contributed by atoms with Crippen LogP contribution >= 0.6 is 0 Å². The Morgan fingerprint density at radius 1 is 0.826 bits per heavy atom. The molecular formula is C21H28N2. The van der Waals surface area contributed by atoms with Crippen molar-refractivity contribution in [3.05, 3.63) is 59.7 Å². The van der Waals surface area contributed by atoms with Gasteiger partial charge in [-0.15, -0.1) is 0 Å². The number of hydrogen-bond acceptors (Lipinski definition) is 2. The second kappa shape index (κ2) is 6.66. The van der Waals surface area contributed by atoms with Gasteiger partial charge in [-0.25, -0.2) is 0 Å². The number of hydrogen-bond donors (Lipinski definition) is 2. The first-order chi connectivity index (χ1) is 11.1. The topological polar surface area (TPSA) is 52.0 Å². The van der Waals surface area contributed by atoms with Gasteiger partial charge in [0.15, 0.2) is 0 Å². The van der Waals surface area contributed by atoms with Crippen molar-refractivity contribution in [1.82, 2.24) is 0 Å². The van der Waals surface area contributed by atoms with Crippen LogP contribution in [0.2, 0.25) is 0 Å². The van der Waals surface area contributed by atoms with E-state index in [9.17, 15) is 0 Å². The molecule has 0 aromatic heterocycles. The fourth-order valence-electron chi connectivity index (χ4n) is 4.22. The van der Waals surface area contributed by atoms with E-state index in [4.69, 9.17) is 11.5 Å². The van der Waals surface area contributed by atoms with Gasteiger partial charge in [-0.05, 0) is 67.0 Å². The summed E-state index contributed by atoms with van der Waals surface area (Å²) in [5.74, 6) is 0.885. The van der Waals surface area contributed by atoms with Gasteiger partial charge in [0.05, 0.1) is 0 Å². The van der Waals surface area contributed by atoms with Gasteiger partial charge in [0.2, 0.25) is 0 Å². The zero-order valence-electron chi connectivity index (χ0n) is 14.1. The van der Waals surface area contributed by atoms with Gasteiger partial charge < -0.3 is 11.5 Å². The van der Waals surface area contributed by atoms with Crippen LogP contribution in [0.5, 0.6) is 0 Å². The fourth-order valence-corrected chi connectivity index (χ4v) is 4.22. The highest BCUT2D eigenvalue weighted by atomic mass is 14.5. The molecule has 122 valence electrons. The lowest BCUT2D eigenvalue weighted by atomic mass is 9.62. The Labute approximate surface area is 139 Å². The Bertz CT molecular complexity index is 572. The third kappa shape index (κ3) is 3.21. The van der Waals surface area contributed by atoms with E-state index >= 15 is 0 Å². The first-order valence-corrected chi connectivity index (χ1v) is 8.86. The molecule has 23 heavy (non-hydrogen) atoms. The van der Waals surface area contributed by atoms with Crippen molar-refractivity contribution in [1.29, 1.82) is 0 Å². The van der Waals surface area contributed by atoms with Crippen molar-refractivity contribution >= 4 is 11.4 Å². The molecule has 1 fully saturated rings. The molecule has 1 aliphatic rings. The van der Waals surface area contributed by atoms with Gasteiger partial charge in [0.25, 0.3) is 0 Å². The van der Waals surface area contributed by atoms with Crippen LogP contribution in [0.1, 0.15) is 56.6 Å². The maximum absolute atomic E-state index is 5.90. The summed E-state index contributed by atoms with van der Waals surface area (Å²) in [6.07, 6.45) is 7.70. The summed E-state index contributed by atoms with van der Waals surface area (Å²) in [6.45, 7) is 2.29. The maximum Gasteiger partial charge on any atom is 0.0314 e. The molecule has 0 saturated heterocycles. The maximum atomic E-state index is 5.90. The summed E-state index contributed by atoms with van der Waals surface area (Å²) in [6, 6.07) is 17.0. The summed E-state index contributed by atoms with van der Waals surface area (Å²) < 4.78 is 0. The van der Waals surface area contributed by atoms with Crippen molar-refractivity contribution in [3.63, 3.8) is 0 Å². The quantitative estimate of drug-likeness (QED) is 0.769. The fraction of sp³-hybridized carbons (Fsp3) is 0.429. The van der Waals surface area contributed by atoms with E-state index in [1.54, 1.807) is 0 Å². The number of rotatable bonds is 4. The average Bonchev–Trinajstić information content (AvgIpc) is 2.57. The lowest BCUT2D eigenvalue weighted by molar-refractivity contribution is 0.254. The Kier molecular flexibility index (Phi) is 4.61. The van der Waals surface area contributed by atoms with E-state index in [0.29, 0.717) is 0 Å². The minimum Gasteiger partial charge on any atom is -0.399 e. The van der Waals surface area contributed by atoms with Crippen molar-refractivity contribution in [3.8, 4) is 0 Å². The van der Waals surface area contributed by atoms with Crippen LogP contribution in [0.15, 0.2) is 48.5 Å². The highest BCUT2D eigenvalue weighted by Gasteiger charge is 2.38. The van der Waals surface area contributed by atoms with Crippen LogP contribution in [0.4, 0.5) is 11.4 Å². The first-order valence-electron chi connectivity index (χ1n) is 8.86. The molecule has 0 atom stereocenters. The number of anilines is 2. The second-order valence-corrected chi connectivity index (χ2v) is 7.06. The molecule has 0 heterocycles. The van der Waals surface area contributed by atoms with Gasteiger partial charge >= 0.3 is 0 Å². The summed E-state index contributed by atoms with van der Waals surface area (Å²) >= 11 is 0. The third-order valence-corrected chi connectivity index (χ3v) is 5.58. The summed E-state index contributed by atoms with van der Waals surface area (Å²) in [5.41, 5.74) is 16.4. The number of nitrogens with two attached hydrogens (primary N) is 2.